The van der Waals surface area contributed by atoms with Crippen LogP contribution in [0.3, 0.4) is 0 Å². The van der Waals surface area contributed by atoms with Crippen LogP contribution in [0.15, 0.2) is 28.6 Å². The molecule has 1 saturated heterocycles. The van der Waals surface area contributed by atoms with Crippen LogP contribution in [0.4, 0.5) is 0 Å². The third-order valence-electron chi connectivity index (χ3n) is 3.00. The summed E-state index contributed by atoms with van der Waals surface area (Å²) >= 11 is 8.24. The van der Waals surface area contributed by atoms with Gasteiger partial charge in [-0.3, -0.25) is 4.79 Å². The molecule has 3 rings (SSSR count). The Morgan fingerprint density at radius 1 is 1.50 bits per heavy atom. The molecular weight excluding hydrogens is 312 g/mol. The van der Waals surface area contributed by atoms with Gasteiger partial charge < -0.3 is 4.74 Å². The van der Waals surface area contributed by atoms with Gasteiger partial charge in [0.05, 0.1) is 12.3 Å². The average Bonchev–Trinajstić information content (AvgIpc) is 2.98. The highest BCUT2D eigenvalue weighted by molar-refractivity contribution is 8.02. The lowest BCUT2D eigenvalue weighted by Crippen LogP contribution is -2.09. The molecule has 104 valence electrons. The van der Waals surface area contributed by atoms with Crippen LogP contribution in [-0.4, -0.2) is 27.6 Å². The van der Waals surface area contributed by atoms with E-state index in [-0.39, 0.29) is 11.2 Å². The van der Waals surface area contributed by atoms with Crippen LogP contribution in [0.25, 0.3) is 5.69 Å². The van der Waals surface area contributed by atoms with Gasteiger partial charge in [0, 0.05) is 6.42 Å². The maximum Gasteiger partial charge on any atom is 0.319 e. The van der Waals surface area contributed by atoms with E-state index in [4.69, 9.17) is 17.0 Å². The lowest BCUT2D eigenvalue weighted by atomic mass is 10.2. The molecule has 1 aliphatic heterocycles. The summed E-state index contributed by atoms with van der Waals surface area (Å²) in [5, 5.41) is 4.37. The third kappa shape index (κ3) is 2.65. The molecule has 0 amide bonds. The summed E-state index contributed by atoms with van der Waals surface area (Å²) < 4.78 is 8.22. The summed E-state index contributed by atoms with van der Waals surface area (Å²) in [4.78, 5) is 11.5. The molecule has 2 heterocycles. The van der Waals surface area contributed by atoms with Gasteiger partial charge >= 0.3 is 5.97 Å². The van der Waals surface area contributed by atoms with Gasteiger partial charge in [0.25, 0.3) is 0 Å². The minimum Gasteiger partial charge on any atom is -0.465 e. The van der Waals surface area contributed by atoms with Crippen molar-refractivity contribution >= 4 is 41.3 Å². The molecule has 0 saturated carbocycles. The highest BCUT2D eigenvalue weighted by Crippen LogP contribution is 2.32. The molecule has 4 nitrogen and oxygen atoms in total. The molecule has 7 heteroatoms. The van der Waals surface area contributed by atoms with Gasteiger partial charge in [-0.1, -0.05) is 41.3 Å². The van der Waals surface area contributed by atoms with Crippen molar-refractivity contribution in [3.8, 4) is 5.69 Å². The summed E-state index contributed by atoms with van der Waals surface area (Å²) in [6, 6.07) is 7.96. The maximum atomic E-state index is 11.5. The number of cyclic esters (lactones) is 1. The van der Waals surface area contributed by atoms with Crippen molar-refractivity contribution < 1.29 is 9.53 Å². The zero-order valence-corrected chi connectivity index (χ0v) is 13.2. The Bertz CT molecular complexity index is 708. The van der Waals surface area contributed by atoms with Gasteiger partial charge in [0.1, 0.15) is 5.25 Å². The van der Waals surface area contributed by atoms with Gasteiger partial charge in [0.15, 0.2) is 8.29 Å². The number of hydrogen-bond donors (Lipinski definition) is 0. The number of para-hydroxylation sites is 1. The number of ether oxygens (including phenoxy) is 1. The molecule has 0 bridgehead atoms. The van der Waals surface area contributed by atoms with Crippen molar-refractivity contribution in [2.45, 2.75) is 22.9 Å². The molecular formula is C13H12N2O2S3. The summed E-state index contributed by atoms with van der Waals surface area (Å²) in [5.41, 5.74) is 2.10. The van der Waals surface area contributed by atoms with Gasteiger partial charge in [-0.25, -0.2) is 4.68 Å². The van der Waals surface area contributed by atoms with Crippen LogP contribution in [0, 0.1) is 10.9 Å². The second-order valence-electron chi connectivity index (χ2n) is 4.39. The summed E-state index contributed by atoms with van der Waals surface area (Å²) in [7, 11) is 0. The molecule has 1 aliphatic rings. The van der Waals surface area contributed by atoms with Crippen LogP contribution in [0.1, 0.15) is 12.0 Å². The largest absolute Gasteiger partial charge is 0.465 e. The quantitative estimate of drug-likeness (QED) is 0.640. The fraction of sp³-hybridized carbons (Fsp3) is 0.308. The molecule has 0 unspecified atom stereocenters. The Hall–Kier alpha value is -1.18. The smallest absolute Gasteiger partial charge is 0.319 e. The first-order valence-electron chi connectivity index (χ1n) is 6.14. The van der Waals surface area contributed by atoms with Crippen molar-refractivity contribution in [2.75, 3.05) is 6.61 Å². The second-order valence-corrected chi connectivity index (χ2v) is 7.47. The van der Waals surface area contributed by atoms with E-state index in [1.165, 1.54) is 23.1 Å². The lowest BCUT2D eigenvalue weighted by Gasteiger charge is -2.04. The zero-order chi connectivity index (χ0) is 14.1. The number of rotatable bonds is 3. The molecule has 1 fully saturated rings. The van der Waals surface area contributed by atoms with Gasteiger partial charge in [0.2, 0.25) is 0 Å². The minimum atomic E-state index is -0.154. The van der Waals surface area contributed by atoms with Gasteiger partial charge in [-0.05, 0) is 30.8 Å². The van der Waals surface area contributed by atoms with Gasteiger partial charge in [-0.2, -0.15) is 0 Å². The number of aryl methyl sites for hydroxylation is 1. The Morgan fingerprint density at radius 3 is 3.00 bits per heavy atom. The molecule has 0 spiro atoms. The van der Waals surface area contributed by atoms with E-state index >= 15 is 0 Å². The third-order valence-corrected chi connectivity index (χ3v) is 5.56. The monoisotopic (exact) mass is 324 g/mol. The number of esters is 1. The van der Waals surface area contributed by atoms with Crippen molar-refractivity contribution in [2.24, 2.45) is 0 Å². The Labute approximate surface area is 129 Å². The summed E-state index contributed by atoms with van der Waals surface area (Å²) in [5.74, 6) is -0.154. The lowest BCUT2D eigenvalue weighted by molar-refractivity contribution is -0.137. The molecule has 2 aromatic rings. The Kier molecular flexibility index (Phi) is 3.91. The molecule has 20 heavy (non-hydrogen) atoms. The zero-order valence-electron chi connectivity index (χ0n) is 10.7. The average molecular weight is 324 g/mol. The SMILES string of the molecule is Cc1ccccc1-n1nc(S[C@H]2CCOC2=O)sc1=S. The number of hydrogen-bond acceptors (Lipinski definition) is 6. The molecule has 1 aromatic heterocycles. The number of nitrogens with zero attached hydrogens (tertiary/aromatic N) is 2. The number of carbonyl (C=O) groups is 1. The first-order chi connectivity index (χ1) is 9.65. The minimum absolute atomic E-state index is 0.152. The van der Waals surface area contributed by atoms with Crippen LogP contribution < -0.4 is 0 Å². The van der Waals surface area contributed by atoms with E-state index in [0.29, 0.717) is 10.6 Å². The standard InChI is InChI=1S/C13H12N2O2S3/c1-8-4-2-3-5-9(8)15-13(18)20-12(14-15)19-10-6-7-17-11(10)16/h2-5,10H,6-7H2,1H3/t10-/m0/s1. The van der Waals surface area contributed by atoms with E-state index < -0.39 is 0 Å². The molecule has 0 radical (unpaired) electrons. The van der Waals surface area contributed by atoms with Crippen LogP contribution >= 0.6 is 35.3 Å². The van der Waals surface area contributed by atoms with Crippen molar-refractivity contribution in [1.29, 1.82) is 0 Å². The number of thioether (sulfide) groups is 1. The van der Waals surface area contributed by atoms with E-state index in [0.717, 1.165) is 22.0 Å². The topological polar surface area (TPSA) is 44.1 Å². The van der Waals surface area contributed by atoms with Crippen molar-refractivity contribution in [3.63, 3.8) is 0 Å². The highest BCUT2D eigenvalue weighted by atomic mass is 32.2. The molecule has 0 N–H and O–H groups in total. The van der Waals surface area contributed by atoms with E-state index in [1.54, 1.807) is 4.68 Å². The number of benzene rings is 1. The first kappa shape index (κ1) is 13.8. The number of carbonyl (C=O) groups excluding carboxylic acids is 1. The summed E-state index contributed by atoms with van der Waals surface area (Å²) in [6.45, 7) is 2.53. The predicted molar refractivity (Wildman–Crippen MR) is 82.2 cm³/mol. The first-order valence-corrected chi connectivity index (χ1v) is 8.25. The van der Waals surface area contributed by atoms with Crippen LogP contribution in [0.2, 0.25) is 0 Å². The maximum absolute atomic E-state index is 11.5. The molecule has 0 aliphatic carbocycles. The van der Waals surface area contributed by atoms with Crippen molar-refractivity contribution in [3.05, 3.63) is 33.8 Å². The highest BCUT2D eigenvalue weighted by Gasteiger charge is 2.28. The number of aromatic nitrogens is 2. The normalized spacial score (nSPS) is 18.2. The summed E-state index contributed by atoms with van der Waals surface area (Å²) in [6.07, 6.45) is 0.736. The van der Waals surface area contributed by atoms with E-state index in [2.05, 4.69) is 5.10 Å². The van der Waals surface area contributed by atoms with Gasteiger partial charge in [-0.15, -0.1) is 5.10 Å². The van der Waals surface area contributed by atoms with E-state index in [1.807, 2.05) is 31.2 Å². The van der Waals surface area contributed by atoms with Crippen LogP contribution in [-0.2, 0) is 9.53 Å². The van der Waals surface area contributed by atoms with Crippen molar-refractivity contribution in [1.82, 2.24) is 9.78 Å². The predicted octanol–water partition coefficient (Wildman–Crippen LogP) is 3.38. The Balaban J connectivity index is 1.90. The second kappa shape index (κ2) is 5.67. The Morgan fingerprint density at radius 2 is 2.30 bits per heavy atom. The molecule has 1 aromatic carbocycles. The fourth-order valence-corrected chi connectivity index (χ4v) is 4.53. The van der Waals surface area contributed by atoms with Crippen LogP contribution in [0.5, 0.6) is 0 Å². The molecule has 1 atom stereocenters. The van der Waals surface area contributed by atoms with E-state index in [9.17, 15) is 4.79 Å². The fourth-order valence-electron chi connectivity index (χ4n) is 1.97.